The van der Waals surface area contributed by atoms with Crippen molar-refractivity contribution in [2.24, 2.45) is 0 Å². The number of aromatic nitrogens is 3. The Bertz CT molecular complexity index is 1830. The molecule has 3 aromatic heterocycles. The molecule has 0 radical (unpaired) electrons. The van der Waals surface area contributed by atoms with E-state index in [2.05, 4.69) is 15.0 Å². The zero-order valence-corrected chi connectivity index (χ0v) is 22.9. The fourth-order valence-electron chi connectivity index (χ4n) is 4.63. The van der Waals surface area contributed by atoms with E-state index in [0.717, 1.165) is 5.56 Å². The molecule has 9 heteroatoms. The van der Waals surface area contributed by atoms with Gasteiger partial charge in [0.2, 0.25) is 5.88 Å². The number of aryl methyl sites for hydroxylation is 1. The molecule has 0 aliphatic carbocycles. The van der Waals surface area contributed by atoms with E-state index in [1.165, 1.54) is 49.7 Å². The van der Waals surface area contributed by atoms with Crippen LogP contribution in [-0.4, -0.2) is 27.8 Å². The molecular weight excluding hydrogens is 528 g/mol. The highest BCUT2D eigenvalue weighted by molar-refractivity contribution is 5.98. The zero-order chi connectivity index (χ0) is 29.3. The molecule has 3 heterocycles. The molecule has 0 spiro atoms. The number of H-pyrrole nitrogens is 1. The van der Waals surface area contributed by atoms with Gasteiger partial charge in [-0.15, -0.1) is 0 Å². The van der Waals surface area contributed by atoms with Crippen LogP contribution in [0.2, 0.25) is 0 Å². The van der Waals surface area contributed by atoms with Gasteiger partial charge in [-0.3, -0.25) is 14.6 Å². The van der Waals surface area contributed by atoms with Crippen molar-refractivity contribution in [3.05, 3.63) is 111 Å². The molecule has 208 valence electrons. The first-order valence-corrected chi connectivity index (χ1v) is 13.0. The van der Waals surface area contributed by atoms with Gasteiger partial charge in [0.25, 0.3) is 0 Å². The molecule has 0 saturated carbocycles. The second kappa shape index (κ2) is 11.3. The van der Waals surface area contributed by atoms with E-state index in [4.69, 9.17) is 9.47 Å². The second-order valence-electron chi connectivity index (χ2n) is 9.92. The molecule has 0 aliphatic rings. The van der Waals surface area contributed by atoms with Crippen LogP contribution in [0.25, 0.3) is 22.2 Å². The Morgan fingerprint density at radius 2 is 1.78 bits per heavy atom. The van der Waals surface area contributed by atoms with Gasteiger partial charge in [0.15, 0.2) is 28.5 Å². The normalized spacial score (nSPS) is 11.2. The summed E-state index contributed by atoms with van der Waals surface area (Å²) in [4.78, 5) is 38.1. The van der Waals surface area contributed by atoms with Gasteiger partial charge in [-0.1, -0.05) is 32.0 Å². The van der Waals surface area contributed by atoms with E-state index in [-0.39, 0.29) is 29.2 Å². The maximum absolute atomic E-state index is 15.2. The average Bonchev–Trinajstić information content (AvgIpc) is 2.94. The number of fused-ring (bicyclic) bond motifs is 1. The summed E-state index contributed by atoms with van der Waals surface area (Å²) in [7, 11) is 1.53. The van der Waals surface area contributed by atoms with E-state index >= 15 is 4.39 Å². The van der Waals surface area contributed by atoms with Crippen molar-refractivity contribution in [2.75, 3.05) is 7.11 Å². The molecule has 0 atom stereocenters. The first-order chi connectivity index (χ1) is 19.7. The summed E-state index contributed by atoms with van der Waals surface area (Å²) < 4.78 is 39.9. The van der Waals surface area contributed by atoms with Crippen LogP contribution in [0.4, 0.5) is 8.78 Å². The lowest BCUT2D eigenvalue weighted by atomic mass is 9.98. The van der Waals surface area contributed by atoms with Crippen molar-refractivity contribution in [3.63, 3.8) is 0 Å². The summed E-state index contributed by atoms with van der Waals surface area (Å²) in [5.41, 5.74) is 3.02. The SMILES string of the molecule is COc1nc2c(Oc3ccc(CC(=O)c4c[nH]c(C)c(-c5ccc(F)cc5)c4=O)cc3F)ccnc2cc1C(C)C. The summed E-state index contributed by atoms with van der Waals surface area (Å²) in [6, 6.07) is 13.1. The first-order valence-electron chi connectivity index (χ1n) is 13.0. The zero-order valence-electron chi connectivity index (χ0n) is 22.9. The topological polar surface area (TPSA) is 94.2 Å². The van der Waals surface area contributed by atoms with E-state index in [1.54, 1.807) is 25.3 Å². The third-order valence-electron chi connectivity index (χ3n) is 6.78. The quantitative estimate of drug-likeness (QED) is 0.209. The molecule has 2 aromatic carbocycles. The average molecular weight is 556 g/mol. The van der Waals surface area contributed by atoms with Crippen molar-refractivity contribution in [1.82, 2.24) is 15.0 Å². The number of hydrogen-bond acceptors (Lipinski definition) is 6. The number of ketones is 1. The highest BCUT2D eigenvalue weighted by Crippen LogP contribution is 2.34. The molecule has 0 fully saturated rings. The highest BCUT2D eigenvalue weighted by atomic mass is 19.1. The number of benzene rings is 2. The number of hydrogen-bond donors (Lipinski definition) is 1. The molecule has 1 N–H and O–H groups in total. The highest BCUT2D eigenvalue weighted by Gasteiger charge is 2.19. The lowest BCUT2D eigenvalue weighted by Gasteiger charge is -2.14. The van der Waals surface area contributed by atoms with Gasteiger partial charge in [-0.05, 0) is 54.3 Å². The molecular formula is C32H27F2N3O4. The Balaban J connectivity index is 1.40. The monoisotopic (exact) mass is 555 g/mol. The smallest absolute Gasteiger partial charge is 0.217 e. The van der Waals surface area contributed by atoms with Crippen LogP contribution in [-0.2, 0) is 6.42 Å². The number of nitrogens with zero attached hydrogens (tertiary/aromatic N) is 2. The summed E-state index contributed by atoms with van der Waals surface area (Å²) in [6.07, 6.45) is 2.70. The Morgan fingerprint density at radius 3 is 2.46 bits per heavy atom. The molecule has 0 unspecified atom stereocenters. The summed E-state index contributed by atoms with van der Waals surface area (Å²) in [5, 5.41) is 0. The number of methoxy groups -OCH3 is 1. The molecule has 0 aliphatic heterocycles. The van der Waals surface area contributed by atoms with Crippen LogP contribution < -0.4 is 14.9 Å². The van der Waals surface area contributed by atoms with Crippen molar-refractivity contribution in [1.29, 1.82) is 0 Å². The van der Waals surface area contributed by atoms with Crippen molar-refractivity contribution >= 4 is 16.8 Å². The van der Waals surface area contributed by atoms with Gasteiger partial charge < -0.3 is 14.5 Å². The fourth-order valence-corrected chi connectivity index (χ4v) is 4.63. The van der Waals surface area contributed by atoms with Crippen LogP contribution >= 0.6 is 0 Å². The maximum Gasteiger partial charge on any atom is 0.217 e. The minimum atomic E-state index is -0.684. The number of halogens is 2. The van der Waals surface area contributed by atoms with Crippen molar-refractivity contribution in [2.45, 2.75) is 33.1 Å². The standard InChI is InChI=1S/C32H27F2N3O4/c1-17(2)22-15-25-30(37-32(22)40-4)28(11-12-35-25)41-27-10-5-19(13-24(27)34)14-26(38)23-16-36-18(3)29(31(23)39)20-6-8-21(33)9-7-20/h5-13,15-17H,14H2,1-4H3,(H,36,39). The number of carbonyl (C=O) groups excluding carboxylic acids is 1. The van der Waals surface area contributed by atoms with Gasteiger partial charge in [0.05, 0.1) is 18.2 Å². The predicted molar refractivity (Wildman–Crippen MR) is 152 cm³/mol. The minimum Gasteiger partial charge on any atom is -0.481 e. The Morgan fingerprint density at radius 1 is 1.02 bits per heavy atom. The number of ether oxygens (including phenoxy) is 2. The van der Waals surface area contributed by atoms with Crippen LogP contribution in [0, 0.1) is 18.6 Å². The molecule has 0 bridgehead atoms. The molecule has 0 saturated heterocycles. The predicted octanol–water partition coefficient (Wildman–Crippen LogP) is 6.92. The Labute approximate surface area is 234 Å². The maximum atomic E-state index is 15.2. The van der Waals surface area contributed by atoms with Gasteiger partial charge in [0.1, 0.15) is 11.3 Å². The third-order valence-corrected chi connectivity index (χ3v) is 6.78. The second-order valence-corrected chi connectivity index (χ2v) is 9.92. The number of Topliss-reactive ketones (excluding diaryl/α,β-unsaturated/α-hetero) is 1. The lowest BCUT2D eigenvalue weighted by Crippen LogP contribution is -2.20. The lowest BCUT2D eigenvalue weighted by molar-refractivity contribution is 0.0991. The summed E-state index contributed by atoms with van der Waals surface area (Å²) in [5.74, 6) is -0.770. The van der Waals surface area contributed by atoms with Gasteiger partial charge >= 0.3 is 0 Å². The first kappa shape index (κ1) is 27.6. The van der Waals surface area contributed by atoms with Gasteiger partial charge in [0, 0.05) is 41.7 Å². The fraction of sp³-hybridized carbons (Fsp3) is 0.188. The van der Waals surface area contributed by atoms with Gasteiger partial charge in [-0.25, -0.2) is 13.8 Å². The summed E-state index contributed by atoms with van der Waals surface area (Å²) >= 11 is 0. The van der Waals surface area contributed by atoms with Crippen LogP contribution in [0.3, 0.4) is 0 Å². The van der Waals surface area contributed by atoms with E-state index < -0.39 is 22.8 Å². The van der Waals surface area contributed by atoms with Gasteiger partial charge in [-0.2, -0.15) is 0 Å². The molecule has 5 aromatic rings. The van der Waals surface area contributed by atoms with Crippen LogP contribution in [0.1, 0.15) is 46.9 Å². The van der Waals surface area contributed by atoms with E-state index in [9.17, 15) is 14.0 Å². The van der Waals surface area contributed by atoms with E-state index in [1.807, 2.05) is 19.9 Å². The Kier molecular flexibility index (Phi) is 7.61. The van der Waals surface area contributed by atoms with Crippen molar-refractivity contribution in [3.8, 4) is 28.5 Å². The molecule has 0 amide bonds. The molecule has 5 rings (SSSR count). The van der Waals surface area contributed by atoms with E-state index in [0.29, 0.717) is 39.5 Å². The number of aromatic amines is 1. The number of nitrogens with one attached hydrogen (secondary N) is 1. The largest absolute Gasteiger partial charge is 0.481 e. The van der Waals surface area contributed by atoms with Crippen molar-refractivity contribution < 1.29 is 23.0 Å². The number of pyridine rings is 3. The third kappa shape index (κ3) is 5.56. The van der Waals surface area contributed by atoms with Crippen LogP contribution in [0.15, 0.2) is 71.8 Å². The summed E-state index contributed by atoms with van der Waals surface area (Å²) in [6.45, 7) is 5.74. The number of rotatable bonds is 8. The number of carbonyl (C=O) groups is 1. The molecule has 41 heavy (non-hydrogen) atoms. The Hall–Kier alpha value is -4.92. The minimum absolute atomic E-state index is 0.0609. The molecule has 7 nitrogen and oxygen atoms in total. The van der Waals surface area contributed by atoms with Crippen LogP contribution in [0.5, 0.6) is 17.4 Å².